The smallest absolute Gasteiger partial charge is 0.257 e. The molecule has 1 fully saturated rings. The Hall–Kier alpha value is -1.93. The van der Waals surface area contributed by atoms with E-state index in [1.165, 1.54) is 46.8 Å². The number of β-amino-alcohol motifs (C(OH)–C–C–N with tert-alkyl or cyclic N) is 1. The zero-order valence-corrected chi connectivity index (χ0v) is 17.8. The second-order valence-corrected chi connectivity index (χ2v) is 9.45. The van der Waals surface area contributed by atoms with Crippen molar-refractivity contribution in [3.8, 4) is 0 Å². The Balaban J connectivity index is 1.54. The molecule has 1 aliphatic carbocycles. The van der Waals surface area contributed by atoms with Gasteiger partial charge in [0.25, 0.3) is 5.91 Å². The van der Waals surface area contributed by atoms with Crippen LogP contribution in [-0.4, -0.2) is 65.9 Å². The molecular weight excluding hydrogens is 390 g/mol. The molecule has 8 heteroatoms. The van der Waals surface area contributed by atoms with Gasteiger partial charge in [-0.15, -0.1) is 11.3 Å². The molecule has 0 atom stereocenters. The summed E-state index contributed by atoms with van der Waals surface area (Å²) in [6.45, 7) is 1.16. The first-order valence-electron chi connectivity index (χ1n) is 10.6. The number of hydrogen-bond acceptors (Lipinski definition) is 5. The van der Waals surface area contributed by atoms with Crippen molar-refractivity contribution in [3.63, 3.8) is 0 Å². The van der Waals surface area contributed by atoms with Gasteiger partial charge in [-0.3, -0.25) is 19.3 Å². The number of amides is 3. The van der Waals surface area contributed by atoms with Crippen LogP contribution in [0.1, 0.15) is 59.3 Å². The number of aliphatic hydroxyl groups excluding tert-OH is 1. The van der Waals surface area contributed by atoms with Crippen molar-refractivity contribution in [1.29, 1.82) is 0 Å². The highest BCUT2D eigenvalue weighted by molar-refractivity contribution is 7.17. The quantitative estimate of drug-likeness (QED) is 0.792. The van der Waals surface area contributed by atoms with Crippen LogP contribution in [0.5, 0.6) is 0 Å². The van der Waals surface area contributed by atoms with E-state index >= 15 is 0 Å². The highest BCUT2D eigenvalue weighted by atomic mass is 32.1. The third-order valence-electron chi connectivity index (χ3n) is 6.44. The molecule has 3 amide bonds. The van der Waals surface area contributed by atoms with Gasteiger partial charge in [-0.1, -0.05) is 25.7 Å². The van der Waals surface area contributed by atoms with Crippen molar-refractivity contribution >= 4 is 34.1 Å². The number of hydrogen-bond donors (Lipinski definition) is 1. The standard InChI is InChI=1S/C21H29N3O4S/c1-22-13-18(27)24(10-11-25)21-19(20(22)28)15-8-9-23(12-16(15)29-21)17(26)7-6-14-4-2-3-5-14/h14,25H,2-13H2,1H3. The average Bonchev–Trinajstić information content (AvgIpc) is 3.34. The van der Waals surface area contributed by atoms with E-state index in [0.717, 1.165) is 16.9 Å². The van der Waals surface area contributed by atoms with Gasteiger partial charge in [0.05, 0.1) is 18.7 Å². The first-order chi connectivity index (χ1) is 14.0. The van der Waals surface area contributed by atoms with Crippen molar-refractivity contribution < 1.29 is 19.5 Å². The Morgan fingerprint density at radius 3 is 2.69 bits per heavy atom. The van der Waals surface area contributed by atoms with Crippen molar-refractivity contribution in [2.45, 2.75) is 51.5 Å². The highest BCUT2D eigenvalue weighted by Gasteiger charge is 2.37. The molecule has 0 bridgehead atoms. The van der Waals surface area contributed by atoms with Gasteiger partial charge in [0, 0.05) is 31.4 Å². The molecule has 1 saturated carbocycles. The fourth-order valence-corrected chi connectivity index (χ4v) is 6.18. The monoisotopic (exact) mass is 419 g/mol. The average molecular weight is 420 g/mol. The van der Waals surface area contributed by atoms with E-state index in [1.54, 1.807) is 7.05 Å². The number of likely N-dealkylation sites (N-methyl/N-ethyl adjacent to an activating group) is 1. The first kappa shape index (κ1) is 20.3. The minimum Gasteiger partial charge on any atom is -0.395 e. The summed E-state index contributed by atoms with van der Waals surface area (Å²) in [4.78, 5) is 44.2. The van der Waals surface area contributed by atoms with Gasteiger partial charge in [0.15, 0.2) is 0 Å². The SMILES string of the molecule is CN1CC(=O)N(CCO)c2sc3c(c2C1=O)CCN(C(=O)CCC1CCCC1)C3. The largest absolute Gasteiger partial charge is 0.395 e. The van der Waals surface area contributed by atoms with Gasteiger partial charge in [0.1, 0.15) is 11.5 Å². The predicted octanol–water partition coefficient (Wildman–Crippen LogP) is 2.01. The van der Waals surface area contributed by atoms with E-state index in [4.69, 9.17) is 0 Å². The van der Waals surface area contributed by atoms with Crippen LogP contribution < -0.4 is 4.90 Å². The minimum absolute atomic E-state index is 0.0147. The summed E-state index contributed by atoms with van der Waals surface area (Å²) < 4.78 is 0. The molecule has 0 radical (unpaired) electrons. The zero-order chi connectivity index (χ0) is 20.5. The lowest BCUT2D eigenvalue weighted by Crippen LogP contribution is -2.39. The van der Waals surface area contributed by atoms with Gasteiger partial charge in [0.2, 0.25) is 11.8 Å². The van der Waals surface area contributed by atoms with Crippen molar-refractivity contribution in [2.24, 2.45) is 5.92 Å². The molecule has 1 aromatic heterocycles. The van der Waals surface area contributed by atoms with Gasteiger partial charge in [-0.05, 0) is 24.3 Å². The van der Waals surface area contributed by atoms with E-state index in [0.29, 0.717) is 42.4 Å². The van der Waals surface area contributed by atoms with Crippen LogP contribution in [0.3, 0.4) is 0 Å². The Bertz CT molecular complexity index is 815. The molecule has 7 nitrogen and oxygen atoms in total. The molecular formula is C21H29N3O4S. The molecule has 4 rings (SSSR count). The zero-order valence-electron chi connectivity index (χ0n) is 17.0. The van der Waals surface area contributed by atoms with Crippen LogP contribution >= 0.6 is 11.3 Å². The summed E-state index contributed by atoms with van der Waals surface area (Å²) in [5.41, 5.74) is 1.56. The Labute approximate surface area is 175 Å². The van der Waals surface area contributed by atoms with Crippen molar-refractivity contribution in [1.82, 2.24) is 9.80 Å². The highest BCUT2D eigenvalue weighted by Crippen LogP contribution is 2.41. The van der Waals surface area contributed by atoms with Crippen LogP contribution in [-0.2, 0) is 22.6 Å². The van der Waals surface area contributed by atoms with Crippen LogP contribution in [0.4, 0.5) is 5.00 Å². The van der Waals surface area contributed by atoms with Crippen molar-refractivity contribution in [2.75, 3.05) is 38.2 Å². The Morgan fingerprint density at radius 2 is 1.97 bits per heavy atom. The van der Waals surface area contributed by atoms with E-state index < -0.39 is 0 Å². The molecule has 1 N–H and O–H groups in total. The number of aliphatic hydroxyl groups is 1. The summed E-state index contributed by atoms with van der Waals surface area (Å²) in [6.07, 6.45) is 7.29. The summed E-state index contributed by atoms with van der Waals surface area (Å²) in [5.74, 6) is 0.560. The number of anilines is 1. The number of carbonyl (C=O) groups is 3. The third-order valence-corrected chi connectivity index (χ3v) is 7.67. The van der Waals surface area contributed by atoms with Gasteiger partial charge in [-0.2, -0.15) is 0 Å². The van der Waals surface area contributed by atoms with E-state index in [9.17, 15) is 19.5 Å². The lowest BCUT2D eigenvalue weighted by Gasteiger charge is -2.28. The lowest BCUT2D eigenvalue weighted by molar-refractivity contribution is -0.132. The molecule has 0 saturated heterocycles. The molecule has 2 aliphatic heterocycles. The number of rotatable bonds is 5. The molecule has 1 aromatic rings. The molecule has 158 valence electrons. The molecule has 0 unspecified atom stereocenters. The predicted molar refractivity (Wildman–Crippen MR) is 111 cm³/mol. The molecule has 0 spiro atoms. The maximum Gasteiger partial charge on any atom is 0.257 e. The maximum atomic E-state index is 12.9. The van der Waals surface area contributed by atoms with Crippen molar-refractivity contribution in [3.05, 3.63) is 16.0 Å². The number of carbonyl (C=O) groups excluding carboxylic acids is 3. The van der Waals surface area contributed by atoms with Crippen LogP contribution in [0.15, 0.2) is 0 Å². The molecule has 3 aliphatic rings. The minimum atomic E-state index is -0.184. The van der Waals surface area contributed by atoms with Crippen LogP contribution in [0.25, 0.3) is 0 Å². The second kappa shape index (κ2) is 8.44. The van der Waals surface area contributed by atoms with E-state index in [1.807, 2.05) is 4.90 Å². The summed E-state index contributed by atoms with van der Waals surface area (Å²) in [6, 6.07) is 0. The fraction of sp³-hybridized carbons (Fsp3) is 0.667. The normalized spacial score (nSPS) is 20.1. The van der Waals surface area contributed by atoms with E-state index in [-0.39, 0.29) is 37.4 Å². The Kier molecular flexibility index (Phi) is 5.92. The van der Waals surface area contributed by atoms with Crippen LogP contribution in [0.2, 0.25) is 0 Å². The summed E-state index contributed by atoms with van der Waals surface area (Å²) >= 11 is 1.43. The van der Waals surface area contributed by atoms with E-state index in [2.05, 4.69) is 0 Å². The Morgan fingerprint density at radius 1 is 1.21 bits per heavy atom. The number of fused-ring (bicyclic) bond motifs is 3. The second-order valence-electron chi connectivity index (χ2n) is 8.37. The molecule has 29 heavy (non-hydrogen) atoms. The molecule has 3 heterocycles. The number of nitrogens with zero attached hydrogens (tertiary/aromatic N) is 3. The van der Waals surface area contributed by atoms with Gasteiger partial charge < -0.3 is 14.9 Å². The lowest BCUT2D eigenvalue weighted by atomic mass is 9.99. The maximum absolute atomic E-state index is 12.9. The topological polar surface area (TPSA) is 81.2 Å². The fourth-order valence-electron chi connectivity index (χ4n) is 4.79. The van der Waals surface area contributed by atoms with Gasteiger partial charge in [-0.25, -0.2) is 0 Å². The summed E-state index contributed by atoms with van der Waals surface area (Å²) in [5, 5.41) is 10.0. The van der Waals surface area contributed by atoms with Crippen LogP contribution in [0, 0.1) is 5.92 Å². The third kappa shape index (κ3) is 3.92. The number of thiophene rings is 1. The first-order valence-corrected chi connectivity index (χ1v) is 11.4. The summed E-state index contributed by atoms with van der Waals surface area (Å²) in [7, 11) is 1.64. The van der Waals surface area contributed by atoms with Gasteiger partial charge >= 0.3 is 0 Å². The molecule has 0 aromatic carbocycles.